The second-order valence-electron chi connectivity index (χ2n) is 13.7. The topological polar surface area (TPSA) is 112 Å². The summed E-state index contributed by atoms with van der Waals surface area (Å²) in [5.41, 5.74) is 0.733. The van der Waals surface area contributed by atoms with Crippen LogP contribution in [0.15, 0.2) is 60.7 Å². The molecule has 10 heteroatoms. The lowest BCUT2D eigenvalue weighted by atomic mass is 10.0. The highest BCUT2D eigenvalue weighted by Crippen LogP contribution is 2.39. The summed E-state index contributed by atoms with van der Waals surface area (Å²) < 4.78 is 24.2. The number of aliphatic hydroxyl groups is 2. The molecule has 0 amide bonds. The molecule has 0 spiro atoms. The SMILES string of the molecule is CC(C)(C)[Si](C)(C)O[C@H](COC(=O)c1ccccc1)[C@@H](O)[C@H](O)[C@@H](COC(=O)c1ccccc1)O[Si](C)(C)C(C)(C)C. The van der Waals surface area contributed by atoms with E-state index in [1.54, 1.807) is 60.7 Å². The third-order valence-electron chi connectivity index (χ3n) is 8.39. The normalized spacial score (nSPS) is 15.8. The monoisotopic (exact) mass is 618 g/mol. The van der Waals surface area contributed by atoms with Gasteiger partial charge < -0.3 is 28.5 Å². The van der Waals surface area contributed by atoms with Crippen molar-refractivity contribution in [3.8, 4) is 0 Å². The van der Waals surface area contributed by atoms with Crippen molar-refractivity contribution < 1.29 is 38.1 Å². The van der Waals surface area contributed by atoms with Gasteiger partial charge in [0.1, 0.15) is 37.6 Å². The average Bonchev–Trinajstić information content (AvgIpc) is 2.91. The van der Waals surface area contributed by atoms with Gasteiger partial charge in [-0.05, 0) is 60.5 Å². The minimum Gasteiger partial charge on any atom is -0.459 e. The third-order valence-corrected chi connectivity index (χ3v) is 17.4. The van der Waals surface area contributed by atoms with Crippen molar-refractivity contribution in [1.82, 2.24) is 0 Å². The molecule has 4 atom stereocenters. The smallest absolute Gasteiger partial charge is 0.338 e. The summed E-state index contributed by atoms with van der Waals surface area (Å²) in [6, 6.07) is 17.1. The molecule has 0 heterocycles. The van der Waals surface area contributed by atoms with Crippen molar-refractivity contribution in [2.75, 3.05) is 13.2 Å². The van der Waals surface area contributed by atoms with Gasteiger partial charge in [-0.3, -0.25) is 0 Å². The van der Waals surface area contributed by atoms with Gasteiger partial charge in [0.2, 0.25) is 0 Å². The summed E-state index contributed by atoms with van der Waals surface area (Å²) >= 11 is 0. The summed E-state index contributed by atoms with van der Waals surface area (Å²) in [6.07, 6.45) is -5.12. The Morgan fingerprint density at radius 1 is 0.619 bits per heavy atom. The van der Waals surface area contributed by atoms with Gasteiger partial charge in [0, 0.05) is 0 Å². The van der Waals surface area contributed by atoms with Crippen LogP contribution in [-0.2, 0) is 18.3 Å². The maximum Gasteiger partial charge on any atom is 0.338 e. The van der Waals surface area contributed by atoms with Crippen molar-refractivity contribution in [3.63, 3.8) is 0 Å². The van der Waals surface area contributed by atoms with Gasteiger partial charge in [-0.15, -0.1) is 0 Å². The molecule has 0 saturated carbocycles. The van der Waals surface area contributed by atoms with Gasteiger partial charge in [0.05, 0.1) is 11.1 Å². The average molecular weight is 619 g/mol. The molecule has 0 radical (unpaired) electrons. The number of aliphatic hydroxyl groups excluding tert-OH is 2. The maximum atomic E-state index is 12.8. The van der Waals surface area contributed by atoms with Crippen LogP contribution in [0.5, 0.6) is 0 Å². The lowest BCUT2D eigenvalue weighted by Crippen LogP contribution is -2.57. The second-order valence-corrected chi connectivity index (χ2v) is 23.3. The number of hydrogen-bond donors (Lipinski definition) is 2. The van der Waals surface area contributed by atoms with E-state index < -0.39 is 53.0 Å². The molecule has 0 aliphatic rings. The molecule has 2 aromatic carbocycles. The molecule has 0 aliphatic carbocycles. The summed E-state index contributed by atoms with van der Waals surface area (Å²) in [6.45, 7) is 19.8. The lowest BCUT2D eigenvalue weighted by Gasteiger charge is -2.43. The van der Waals surface area contributed by atoms with Crippen LogP contribution in [0.25, 0.3) is 0 Å². The number of benzene rings is 2. The van der Waals surface area contributed by atoms with Crippen LogP contribution >= 0.6 is 0 Å². The van der Waals surface area contributed by atoms with E-state index in [9.17, 15) is 19.8 Å². The Morgan fingerprint density at radius 3 is 1.17 bits per heavy atom. The van der Waals surface area contributed by atoms with Crippen LogP contribution in [0.3, 0.4) is 0 Å². The predicted molar refractivity (Wildman–Crippen MR) is 170 cm³/mol. The molecule has 0 unspecified atom stereocenters. The number of rotatable bonds is 13. The molecule has 234 valence electrons. The quantitative estimate of drug-likeness (QED) is 0.202. The Hall–Kier alpha value is -2.35. The van der Waals surface area contributed by atoms with Gasteiger partial charge in [-0.2, -0.15) is 0 Å². The standard InChI is InChI=1S/C32H50O8Si2/c1-31(2,3)41(7,8)39-25(21-37-29(35)23-17-13-11-14-18-23)27(33)28(34)26(40-42(9,10)32(4,5)6)22-38-30(36)24-19-15-12-16-20-24/h11-20,25-28,33-34H,21-22H2,1-10H3/t25-,26-,27-,28-/m1/s1. The molecule has 0 saturated heterocycles. The molecule has 8 nitrogen and oxygen atoms in total. The summed E-state index contributed by atoms with van der Waals surface area (Å²) in [7, 11) is -5.00. The summed E-state index contributed by atoms with van der Waals surface area (Å²) in [4.78, 5) is 25.5. The largest absolute Gasteiger partial charge is 0.459 e. The first-order valence-electron chi connectivity index (χ1n) is 14.4. The summed E-state index contributed by atoms with van der Waals surface area (Å²) in [5.74, 6) is -1.13. The zero-order valence-electron chi connectivity index (χ0n) is 26.8. The van der Waals surface area contributed by atoms with E-state index in [1.165, 1.54) is 0 Å². The molecule has 0 fully saturated rings. The van der Waals surface area contributed by atoms with Crippen molar-refractivity contribution in [2.45, 2.75) is 102 Å². The number of carbonyl (C=O) groups is 2. The first-order chi connectivity index (χ1) is 19.3. The van der Waals surface area contributed by atoms with Gasteiger partial charge in [0.15, 0.2) is 16.6 Å². The molecular formula is C32H50O8Si2. The Bertz CT molecular complexity index is 1050. The van der Waals surface area contributed by atoms with Gasteiger partial charge in [-0.25, -0.2) is 9.59 Å². The van der Waals surface area contributed by atoms with Crippen LogP contribution in [0.4, 0.5) is 0 Å². The second kappa shape index (κ2) is 14.4. The maximum absolute atomic E-state index is 12.8. The van der Waals surface area contributed by atoms with Crippen LogP contribution in [0.1, 0.15) is 62.3 Å². The molecular weight excluding hydrogens is 569 g/mol. The first-order valence-corrected chi connectivity index (χ1v) is 20.2. The zero-order valence-corrected chi connectivity index (χ0v) is 28.8. The van der Waals surface area contributed by atoms with Gasteiger partial charge >= 0.3 is 11.9 Å². The molecule has 0 aromatic heterocycles. The van der Waals surface area contributed by atoms with Crippen molar-refractivity contribution in [2.24, 2.45) is 0 Å². The van der Waals surface area contributed by atoms with E-state index in [0.29, 0.717) is 11.1 Å². The Kier molecular flexibility index (Phi) is 12.3. The Labute approximate surface area is 253 Å². The van der Waals surface area contributed by atoms with Crippen molar-refractivity contribution in [1.29, 1.82) is 0 Å². The molecule has 0 aliphatic heterocycles. The molecule has 2 N–H and O–H groups in total. The fourth-order valence-electron chi connectivity index (χ4n) is 3.59. The lowest BCUT2D eigenvalue weighted by molar-refractivity contribution is -0.118. The van der Waals surface area contributed by atoms with E-state index in [0.717, 1.165) is 0 Å². The highest BCUT2D eigenvalue weighted by molar-refractivity contribution is 6.74. The fourth-order valence-corrected chi connectivity index (χ4v) is 6.22. The van der Waals surface area contributed by atoms with Crippen LogP contribution in [-0.4, -0.2) is 76.4 Å². The minimum absolute atomic E-state index is 0.221. The van der Waals surface area contributed by atoms with Crippen LogP contribution < -0.4 is 0 Å². The number of esters is 2. The van der Waals surface area contributed by atoms with Gasteiger partial charge in [0.25, 0.3) is 0 Å². The van der Waals surface area contributed by atoms with Gasteiger partial charge in [-0.1, -0.05) is 77.9 Å². The number of hydrogen-bond acceptors (Lipinski definition) is 8. The van der Waals surface area contributed by atoms with E-state index in [-0.39, 0.29) is 23.3 Å². The highest BCUT2D eigenvalue weighted by Gasteiger charge is 2.46. The number of carbonyl (C=O) groups excluding carboxylic acids is 2. The van der Waals surface area contributed by atoms with Crippen LogP contribution in [0.2, 0.25) is 36.3 Å². The Morgan fingerprint density at radius 2 is 0.905 bits per heavy atom. The molecule has 2 rings (SSSR count). The zero-order chi connectivity index (χ0) is 31.9. The minimum atomic E-state index is -2.50. The number of ether oxygens (including phenoxy) is 2. The van der Waals surface area contributed by atoms with Crippen LogP contribution in [0, 0.1) is 0 Å². The molecule has 0 bridgehead atoms. The Balaban J connectivity index is 2.36. The predicted octanol–water partition coefficient (Wildman–Crippen LogP) is 6.20. The fraction of sp³-hybridized carbons (Fsp3) is 0.562. The van der Waals surface area contributed by atoms with Crippen molar-refractivity contribution in [3.05, 3.63) is 71.8 Å². The first kappa shape index (κ1) is 35.8. The van der Waals surface area contributed by atoms with E-state index in [1.807, 2.05) is 26.2 Å². The summed E-state index contributed by atoms with van der Waals surface area (Å²) in [5, 5.41) is 22.7. The van der Waals surface area contributed by atoms with E-state index in [4.69, 9.17) is 18.3 Å². The molecule has 42 heavy (non-hydrogen) atoms. The van der Waals surface area contributed by atoms with Crippen molar-refractivity contribution >= 4 is 28.6 Å². The molecule has 2 aromatic rings. The highest BCUT2D eigenvalue weighted by atomic mass is 28.4. The van der Waals surface area contributed by atoms with E-state index in [2.05, 4.69) is 41.5 Å². The van der Waals surface area contributed by atoms with E-state index >= 15 is 0 Å². The third kappa shape index (κ3) is 9.85.